The summed E-state index contributed by atoms with van der Waals surface area (Å²) < 4.78 is 7.33. The second-order valence-corrected chi connectivity index (χ2v) is 5.32. The molecule has 1 aliphatic heterocycles. The van der Waals surface area contributed by atoms with Gasteiger partial charge in [0.1, 0.15) is 0 Å². The summed E-state index contributed by atoms with van der Waals surface area (Å²) in [5, 5.41) is 17.2. The minimum absolute atomic E-state index is 0.0699. The van der Waals surface area contributed by atoms with Crippen LogP contribution in [-0.2, 0) is 15.1 Å². The first-order valence-corrected chi connectivity index (χ1v) is 6.41. The fourth-order valence-corrected chi connectivity index (χ4v) is 3.25. The van der Waals surface area contributed by atoms with Gasteiger partial charge in [0, 0.05) is 12.8 Å². The zero-order chi connectivity index (χ0) is 12.6. The molecule has 1 saturated carbocycles. The van der Waals surface area contributed by atoms with Crippen molar-refractivity contribution in [2.75, 3.05) is 6.61 Å². The molecule has 18 heavy (non-hydrogen) atoms. The van der Waals surface area contributed by atoms with Crippen LogP contribution in [0.1, 0.15) is 38.5 Å². The number of carboxylic acid groups (broad SMARTS) is 1. The highest BCUT2D eigenvalue weighted by atomic mass is 16.5. The molecule has 2 aliphatic rings. The maximum atomic E-state index is 11.6. The SMILES string of the molecule is O=C(O)C1(n2ccnn2)CCC2(CCCO2)CC1. The van der Waals surface area contributed by atoms with Gasteiger partial charge in [-0.2, -0.15) is 0 Å². The van der Waals surface area contributed by atoms with E-state index in [9.17, 15) is 9.90 Å². The molecular formula is C12H17N3O3. The first kappa shape index (κ1) is 11.6. The van der Waals surface area contributed by atoms with Crippen LogP contribution >= 0.6 is 0 Å². The molecule has 2 heterocycles. The van der Waals surface area contributed by atoms with Crippen molar-refractivity contribution in [3.63, 3.8) is 0 Å². The highest BCUT2D eigenvalue weighted by molar-refractivity contribution is 5.76. The van der Waals surface area contributed by atoms with Gasteiger partial charge in [0.15, 0.2) is 5.54 Å². The Morgan fingerprint density at radius 3 is 2.56 bits per heavy atom. The molecule has 0 amide bonds. The molecule has 1 spiro atoms. The Kier molecular flexibility index (Phi) is 2.62. The zero-order valence-electron chi connectivity index (χ0n) is 10.2. The van der Waals surface area contributed by atoms with Gasteiger partial charge in [-0.25, -0.2) is 9.48 Å². The average molecular weight is 251 g/mol. The number of carbonyl (C=O) groups is 1. The van der Waals surface area contributed by atoms with Crippen molar-refractivity contribution in [3.8, 4) is 0 Å². The van der Waals surface area contributed by atoms with Crippen LogP contribution in [0.25, 0.3) is 0 Å². The number of hydrogen-bond donors (Lipinski definition) is 1. The van der Waals surface area contributed by atoms with Gasteiger partial charge in [0.05, 0.1) is 11.8 Å². The summed E-state index contributed by atoms with van der Waals surface area (Å²) in [6, 6.07) is 0. The molecule has 6 heteroatoms. The van der Waals surface area contributed by atoms with E-state index in [1.807, 2.05) is 0 Å². The van der Waals surface area contributed by atoms with Crippen LogP contribution in [0.5, 0.6) is 0 Å². The van der Waals surface area contributed by atoms with E-state index in [2.05, 4.69) is 10.3 Å². The summed E-state index contributed by atoms with van der Waals surface area (Å²) in [5.41, 5.74) is -1.01. The number of aliphatic carboxylic acids is 1. The molecular weight excluding hydrogens is 234 g/mol. The normalized spacial score (nSPS) is 36.0. The quantitative estimate of drug-likeness (QED) is 0.854. The average Bonchev–Trinajstić information content (AvgIpc) is 3.02. The first-order valence-electron chi connectivity index (χ1n) is 6.41. The number of hydrogen-bond acceptors (Lipinski definition) is 4. The fraction of sp³-hybridized carbons (Fsp3) is 0.750. The maximum Gasteiger partial charge on any atom is 0.331 e. The zero-order valence-corrected chi connectivity index (χ0v) is 10.2. The number of aromatic nitrogens is 3. The number of nitrogens with zero attached hydrogens (tertiary/aromatic N) is 3. The van der Waals surface area contributed by atoms with Crippen molar-refractivity contribution in [3.05, 3.63) is 12.4 Å². The lowest BCUT2D eigenvalue weighted by Gasteiger charge is -2.41. The molecule has 98 valence electrons. The van der Waals surface area contributed by atoms with E-state index in [-0.39, 0.29) is 5.60 Å². The molecule has 6 nitrogen and oxygen atoms in total. The predicted molar refractivity (Wildman–Crippen MR) is 62.0 cm³/mol. The van der Waals surface area contributed by atoms with E-state index in [0.29, 0.717) is 12.8 Å². The summed E-state index contributed by atoms with van der Waals surface area (Å²) in [6.45, 7) is 0.809. The Balaban J connectivity index is 1.84. The molecule has 1 aliphatic carbocycles. The van der Waals surface area contributed by atoms with E-state index in [4.69, 9.17) is 4.74 Å². The Labute approximate surface area is 105 Å². The van der Waals surface area contributed by atoms with Crippen molar-refractivity contribution in [1.29, 1.82) is 0 Å². The van der Waals surface area contributed by atoms with Gasteiger partial charge in [0.2, 0.25) is 0 Å². The molecule has 2 fully saturated rings. The van der Waals surface area contributed by atoms with Gasteiger partial charge in [-0.3, -0.25) is 0 Å². The first-order chi connectivity index (χ1) is 8.67. The van der Waals surface area contributed by atoms with Crippen molar-refractivity contribution >= 4 is 5.97 Å². The van der Waals surface area contributed by atoms with E-state index < -0.39 is 11.5 Å². The van der Waals surface area contributed by atoms with Gasteiger partial charge in [-0.15, -0.1) is 5.10 Å². The Bertz CT molecular complexity index is 427. The van der Waals surface area contributed by atoms with E-state index in [1.165, 1.54) is 10.9 Å². The Morgan fingerprint density at radius 2 is 2.06 bits per heavy atom. The molecule has 0 aromatic carbocycles. The lowest BCUT2D eigenvalue weighted by atomic mass is 9.73. The number of carboxylic acids is 1. The fourth-order valence-electron chi connectivity index (χ4n) is 3.25. The smallest absolute Gasteiger partial charge is 0.331 e. The molecule has 3 rings (SSSR count). The monoisotopic (exact) mass is 251 g/mol. The second-order valence-electron chi connectivity index (χ2n) is 5.32. The maximum absolute atomic E-state index is 11.6. The van der Waals surface area contributed by atoms with Crippen LogP contribution in [0.3, 0.4) is 0 Å². The van der Waals surface area contributed by atoms with Crippen LogP contribution < -0.4 is 0 Å². The highest BCUT2D eigenvalue weighted by Crippen LogP contribution is 2.45. The van der Waals surface area contributed by atoms with Crippen LogP contribution in [0.2, 0.25) is 0 Å². The molecule has 1 aromatic heterocycles. The van der Waals surface area contributed by atoms with Crippen LogP contribution in [0.15, 0.2) is 12.4 Å². The molecule has 1 saturated heterocycles. The molecule has 0 bridgehead atoms. The molecule has 0 atom stereocenters. The standard InChI is InChI=1S/C12H17N3O3/c16-10(17)12(15-8-7-13-14-15)5-3-11(4-6-12)2-1-9-18-11/h7-8H,1-6,9H2,(H,16,17). The van der Waals surface area contributed by atoms with Gasteiger partial charge >= 0.3 is 5.97 Å². The summed E-state index contributed by atoms with van der Waals surface area (Å²) in [6.07, 6.45) is 8.02. The third-order valence-corrected chi connectivity index (χ3v) is 4.43. The summed E-state index contributed by atoms with van der Waals surface area (Å²) in [7, 11) is 0. The van der Waals surface area contributed by atoms with Crippen LogP contribution in [-0.4, -0.2) is 38.3 Å². The minimum Gasteiger partial charge on any atom is -0.479 e. The van der Waals surface area contributed by atoms with Crippen molar-refractivity contribution < 1.29 is 14.6 Å². The third-order valence-electron chi connectivity index (χ3n) is 4.43. The topological polar surface area (TPSA) is 77.2 Å². The van der Waals surface area contributed by atoms with Crippen molar-refractivity contribution in [2.45, 2.75) is 49.7 Å². The third kappa shape index (κ3) is 1.63. The van der Waals surface area contributed by atoms with Gasteiger partial charge in [0.25, 0.3) is 0 Å². The Hall–Kier alpha value is -1.43. The lowest BCUT2D eigenvalue weighted by Crippen LogP contribution is -2.49. The second kappa shape index (κ2) is 4.05. The molecule has 1 aromatic rings. The Morgan fingerprint density at radius 1 is 1.28 bits per heavy atom. The molecule has 0 unspecified atom stereocenters. The van der Waals surface area contributed by atoms with Crippen LogP contribution in [0.4, 0.5) is 0 Å². The van der Waals surface area contributed by atoms with Crippen LogP contribution in [0, 0.1) is 0 Å². The van der Waals surface area contributed by atoms with Gasteiger partial charge < -0.3 is 9.84 Å². The largest absolute Gasteiger partial charge is 0.479 e. The summed E-state index contributed by atoms with van der Waals surface area (Å²) >= 11 is 0. The highest BCUT2D eigenvalue weighted by Gasteiger charge is 2.50. The number of rotatable bonds is 2. The summed E-state index contributed by atoms with van der Waals surface area (Å²) in [5.74, 6) is -0.819. The van der Waals surface area contributed by atoms with Crippen molar-refractivity contribution in [1.82, 2.24) is 15.0 Å². The molecule has 1 N–H and O–H groups in total. The van der Waals surface area contributed by atoms with Gasteiger partial charge in [-0.05, 0) is 38.5 Å². The molecule has 0 radical (unpaired) electrons. The predicted octanol–water partition coefficient (Wildman–Crippen LogP) is 1.18. The van der Waals surface area contributed by atoms with Gasteiger partial charge in [-0.1, -0.05) is 5.21 Å². The summed E-state index contributed by atoms with van der Waals surface area (Å²) in [4.78, 5) is 11.6. The minimum atomic E-state index is -0.937. The number of ether oxygens (including phenoxy) is 1. The lowest BCUT2D eigenvalue weighted by molar-refractivity contribution is -0.154. The van der Waals surface area contributed by atoms with E-state index in [0.717, 1.165) is 32.3 Å². The van der Waals surface area contributed by atoms with E-state index >= 15 is 0 Å². The van der Waals surface area contributed by atoms with E-state index in [1.54, 1.807) is 6.20 Å². The van der Waals surface area contributed by atoms with Crippen molar-refractivity contribution in [2.24, 2.45) is 0 Å².